The molecule has 0 aromatic heterocycles. The zero-order chi connectivity index (χ0) is 33.8. The largest absolute Gasteiger partial charge is 0.319 e. The normalized spacial score (nSPS) is 11.9. The van der Waals surface area contributed by atoms with Crippen molar-refractivity contribution in [3.63, 3.8) is 0 Å². The Bertz CT molecular complexity index is 2720. The zero-order valence-electron chi connectivity index (χ0n) is 28.1. The Morgan fingerprint density at radius 1 is 0.280 bits per heavy atom. The number of hydrogen-bond donors (Lipinski definition) is 0. The van der Waals surface area contributed by atoms with Gasteiger partial charge in [0.25, 0.3) is 0 Å². The van der Waals surface area contributed by atoms with E-state index in [4.69, 9.17) is 0 Å². The van der Waals surface area contributed by atoms with Crippen LogP contribution in [-0.2, 0) is 4.57 Å². The van der Waals surface area contributed by atoms with Gasteiger partial charge in [0.15, 0.2) is 0 Å². The van der Waals surface area contributed by atoms with Crippen LogP contribution in [0.2, 0.25) is 0 Å². The molecular formula is C48H35OP. The highest BCUT2D eigenvalue weighted by atomic mass is 31.2. The van der Waals surface area contributed by atoms with E-state index in [1.807, 2.05) is 25.5 Å². The van der Waals surface area contributed by atoms with Gasteiger partial charge in [-0.1, -0.05) is 176 Å². The van der Waals surface area contributed by atoms with E-state index in [9.17, 15) is 4.57 Å². The molecule has 9 rings (SSSR count). The molecule has 50 heavy (non-hydrogen) atoms. The van der Waals surface area contributed by atoms with Gasteiger partial charge in [-0.25, -0.2) is 0 Å². The van der Waals surface area contributed by atoms with E-state index in [0.717, 1.165) is 10.9 Å². The fourth-order valence-corrected chi connectivity index (χ4v) is 8.75. The van der Waals surface area contributed by atoms with E-state index in [0.29, 0.717) is 0 Å². The van der Waals surface area contributed by atoms with Crippen molar-refractivity contribution in [3.05, 3.63) is 176 Å². The van der Waals surface area contributed by atoms with Crippen LogP contribution in [0, 0.1) is 0 Å². The van der Waals surface area contributed by atoms with E-state index in [1.54, 1.807) is 0 Å². The van der Waals surface area contributed by atoms with Crippen LogP contribution in [0.3, 0.4) is 0 Å². The van der Waals surface area contributed by atoms with Gasteiger partial charge >= 0.3 is 0 Å². The minimum atomic E-state index is -2.35. The molecule has 1 nitrogen and oxygen atoms in total. The molecule has 0 aliphatic heterocycles. The lowest BCUT2D eigenvalue weighted by molar-refractivity contribution is 0.588. The predicted molar refractivity (Wildman–Crippen MR) is 217 cm³/mol. The highest BCUT2D eigenvalue weighted by Crippen LogP contribution is 2.47. The molecule has 0 heterocycles. The van der Waals surface area contributed by atoms with Crippen LogP contribution in [0.5, 0.6) is 0 Å². The minimum Gasteiger partial charge on any atom is -0.319 e. The molecule has 0 N–H and O–H groups in total. The van der Waals surface area contributed by atoms with Crippen LogP contribution in [0.4, 0.5) is 0 Å². The molecule has 0 radical (unpaired) electrons. The van der Waals surface area contributed by atoms with Crippen molar-refractivity contribution in [2.24, 2.45) is 0 Å². The lowest BCUT2D eigenvalue weighted by Gasteiger charge is -2.20. The minimum absolute atomic E-state index is 0.904. The van der Waals surface area contributed by atoms with Crippen molar-refractivity contribution in [1.82, 2.24) is 0 Å². The van der Waals surface area contributed by atoms with Crippen LogP contribution >= 0.6 is 7.14 Å². The van der Waals surface area contributed by atoms with E-state index >= 15 is 0 Å². The standard InChI is InChI=1S/C48H35OP/c1-50(2,49)36-30-28-34(29-31-36)46-43-22-12-10-20-41(43)45(42-21-11-13-23-44(42)46)33-24-26-35(27-25-33)48-40-19-9-7-17-38(40)37-16-6-8-18-39(37)47(48)32-14-4-3-5-15-32/h3-31H,1-2H3. The summed E-state index contributed by atoms with van der Waals surface area (Å²) in [6.45, 7) is 3.66. The first-order valence-corrected chi connectivity index (χ1v) is 19.8. The third-order valence-corrected chi connectivity index (χ3v) is 11.7. The van der Waals surface area contributed by atoms with E-state index in [2.05, 4.69) is 164 Å². The maximum absolute atomic E-state index is 12.8. The molecule has 9 aromatic carbocycles. The summed E-state index contributed by atoms with van der Waals surface area (Å²) in [6.07, 6.45) is 0. The van der Waals surface area contributed by atoms with E-state index < -0.39 is 7.14 Å². The van der Waals surface area contributed by atoms with Gasteiger partial charge in [0.1, 0.15) is 7.14 Å². The van der Waals surface area contributed by atoms with Crippen molar-refractivity contribution in [1.29, 1.82) is 0 Å². The lowest BCUT2D eigenvalue weighted by atomic mass is 9.83. The van der Waals surface area contributed by atoms with Gasteiger partial charge in [0.2, 0.25) is 0 Å². The van der Waals surface area contributed by atoms with Gasteiger partial charge in [-0.3, -0.25) is 0 Å². The Morgan fingerprint density at radius 3 is 0.900 bits per heavy atom. The zero-order valence-corrected chi connectivity index (χ0v) is 29.0. The van der Waals surface area contributed by atoms with Gasteiger partial charge in [-0.15, -0.1) is 0 Å². The molecule has 0 fully saturated rings. The summed E-state index contributed by atoms with van der Waals surface area (Å²) in [7, 11) is -2.35. The van der Waals surface area contributed by atoms with Crippen molar-refractivity contribution in [2.45, 2.75) is 0 Å². The third-order valence-electron chi connectivity index (χ3n) is 10.2. The molecule has 0 bridgehead atoms. The van der Waals surface area contributed by atoms with E-state index in [1.165, 1.54) is 82.0 Å². The lowest BCUT2D eigenvalue weighted by Crippen LogP contribution is -2.01. The topological polar surface area (TPSA) is 17.1 Å². The van der Waals surface area contributed by atoms with Crippen molar-refractivity contribution >= 4 is 55.5 Å². The summed E-state index contributed by atoms with van der Waals surface area (Å²) in [5, 5.41) is 10.8. The fraction of sp³-hybridized carbons (Fsp3) is 0.0417. The summed E-state index contributed by atoms with van der Waals surface area (Å²) < 4.78 is 12.8. The Hall–Kier alpha value is -5.75. The number of benzene rings is 9. The Morgan fingerprint density at radius 2 is 0.540 bits per heavy atom. The number of fused-ring (bicyclic) bond motifs is 5. The second-order valence-electron chi connectivity index (χ2n) is 13.5. The summed E-state index contributed by atoms with van der Waals surface area (Å²) in [4.78, 5) is 0. The average molecular weight is 659 g/mol. The predicted octanol–water partition coefficient (Wildman–Crippen LogP) is 13.2. The molecule has 238 valence electrons. The van der Waals surface area contributed by atoms with Gasteiger partial charge in [0.05, 0.1) is 0 Å². The fourth-order valence-electron chi connectivity index (χ4n) is 7.89. The molecule has 2 heteroatoms. The summed E-state index contributed by atoms with van der Waals surface area (Å²) in [5.74, 6) is 0. The molecule has 0 saturated heterocycles. The smallest absolute Gasteiger partial charge is 0.109 e. The number of hydrogen-bond acceptors (Lipinski definition) is 1. The molecule has 0 aliphatic carbocycles. The maximum atomic E-state index is 12.8. The Balaban J connectivity index is 1.28. The van der Waals surface area contributed by atoms with Gasteiger partial charge in [-0.05, 0) is 101 Å². The summed E-state index contributed by atoms with van der Waals surface area (Å²) in [5.41, 5.74) is 9.71. The first-order chi connectivity index (χ1) is 24.5. The van der Waals surface area contributed by atoms with Crippen LogP contribution in [0.1, 0.15) is 0 Å². The van der Waals surface area contributed by atoms with Crippen LogP contribution < -0.4 is 5.30 Å². The second-order valence-corrected chi connectivity index (χ2v) is 16.7. The average Bonchev–Trinajstić information content (AvgIpc) is 3.16. The van der Waals surface area contributed by atoms with Crippen LogP contribution in [-0.4, -0.2) is 13.3 Å². The molecule has 9 aromatic rings. The molecule has 0 atom stereocenters. The molecule has 0 spiro atoms. The Kier molecular flexibility index (Phi) is 7.27. The van der Waals surface area contributed by atoms with Gasteiger partial charge in [0, 0.05) is 5.30 Å². The van der Waals surface area contributed by atoms with Crippen LogP contribution in [0.25, 0.3) is 87.6 Å². The highest BCUT2D eigenvalue weighted by Gasteiger charge is 2.20. The SMILES string of the molecule is CP(C)(=O)c1ccc(-c2c3ccccc3c(-c3ccc(-c4c(-c5ccccc5)c5ccccc5c5ccccc45)cc3)c3ccccc23)cc1. The first kappa shape index (κ1) is 30.3. The van der Waals surface area contributed by atoms with Crippen molar-refractivity contribution in [3.8, 4) is 44.5 Å². The molecule has 0 amide bonds. The van der Waals surface area contributed by atoms with Crippen LogP contribution in [0.15, 0.2) is 176 Å². The molecule has 0 aliphatic rings. The first-order valence-electron chi connectivity index (χ1n) is 17.2. The van der Waals surface area contributed by atoms with E-state index in [-0.39, 0.29) is 0 Å². The quantitative estimate of drug-likeness (QED) is 0.102. The van der Waals surface area contributed by atoms with Crippen molar-refractivity contribution in [2.75, 3.05) is 13.3 Å². The van der Waals surface area contributed by atoms with Gasteiger partial charge < -0.3 is 4.57 Å². The van der Waals surface area contributed by atoms with Gasteiger partial charge in [-0.2, -0.15) is 0 Å². The third kappa shape index (κ3) is 4.97. The highest BCUT2D eigenvalue weighted by molar-refractivity contribution is 7.70. The van der Waals surface area contributed by atoms with Crippen molar-refractivity contribution < 1.29 is 4.57 Å². The maximum Gasteiger partial charge on any atom is 0.109 e. The monoisotopic (exact) mass is 658 g/mol. The summed E-state index contributed by atoms with van der Waals surface area (Å²) in [6, 6.07) is 63.5. The Labute approximate surface area is 292 Å². The number of rotatable bonds is 5. The molecular weight excluding hydrogens is 624 g/mol. The molecule has 0 saturated carbocycles. The summed E-state index contributed by atoms with van der Waals surface area (Å²) >= 11 is 0. The molecule has 0 unspecified atom stereocenters. The second kappa shape index (κ2) is 12.0.